The number of hydrogen-bond acceptors (Lipinski definition) is 4. The molecule has 0 fully saturated rings. The molecule has 1 atom stereocenters. The number of nitrogens with zero attached hydrogens (tertiary/aromatic N) is 3. The Morgan fingerprint density at radius 1 is 0.931 bits per heavy atom. The molecule has 0 bridgehead atoms. The first-order chi connectivity index (χ1) is 14.2. The number of hydrazone groups is 1. The molecule has 1 heterocycles. The third kappa shape index (κ3) is 4.42. The van der Waals surface area contributed by atoms with Crippen LogP contribution in [0.25, 0.3) is 0 Å². The monoisotopic (exact) mass is 385 g/mol. The van der Waals surface area contributed by atoms with Crippen LogP contribution in [0.2, 0.25) is 0 Å². The molecule has 5 heteroatoms. The van der Waals surface area contributed by atoms with Crippen LogP contribution in [0.4, 0.5) is 0 Å². The fourth-order valence-corrected chi connectivity index (χ4v) is 3.39. The van der Waals surface area contributed by atoms with Gasteiger partial charge in [0.15, 0.2) is 6.17 Å². The maximum atomic E-state index is 12.6. The van der Waals surface area contributed by atoms with Crippen molar-refractivity contribution in [1.82, 2.24) is 10.1 Å². The van der Waals surface area contributed by atoms with E-state index < -0.39 is 6.17 Å². The molecule has 5 nitrogen and oxygen atoms in total. The van der Waals surface area contributed by atoms with Crippen LogP contribution in [0.1, 0.15) is 29.8 Å². The molecule has 1 amide bonds. The van der Waals surface area contributed by atoms with Crippen LogP contribution in [-0.2, 0) is 16.2 Å². The molecule has 0 N–H and O–H groups in total. The van der Waals surface area contributed by atoms with Gasteiger partial charge in [0, 0.05) is 12.5 Å². The summed E-state index contributed by atoms with van der Waals surface area (Å²) in [5.74, 6) is -0.143. The Morgan fingerprint density at radius 3 is 2.14 bits per heavy atom. The third-order valence-corrected chi connectivity index (χ3v) is 4.81. The van der Waals surface area contributed by atoms with E-state index in [-0.39, 0.29) is 12.5 Å². The van der Waals surface area contributed by atoms with Crippen LogP contribution in [0.15, 0.2) is 96.1 Å². The van der Waals surface area contributed by atoms with Crippen molar-refractivity contribution < 1.29 is 9.63 Å². The molecule has 0 saturated carbocycles. The third-order valence-electron chi connectivity index (χ3n) is 4.81. The van der Waals surface area contributed by atoms with Crippen LogP contribution in [0, 0.1) is 0 Å². The van der Waals surface area contributed by atoms with E-state index in [1.807, 2.05) is 96.1 Å². The molecule has 3 aromatic rings. The van der Waals surface area contributed by atoms with Gasteiger partial charge in [-0.25, -0.2) is 5.01 Å². The van der Waals surface area contributed by atoms with Crippen molar-refractivity contribution in [1.29, 1.82) is 0 Å². The minimum Gasteiger partial charge on any atom is -0.290 e. The Hall–Kier alpha value is -3.28. The van der Waals surface area contributed by atoms with Gasteiger partial charge in [-0.15, -0.1) is 0 Å². The summed E-state index contributed by atoms with van der Waals surface area (Å²) in [5, 5.41) is 8.09. The zero-order chi connectivity index (χ0) is 20.1. The number of carbonyl (C=O) groups is 1. The summed E-state index contributed by atoms with van der Waals surface area (Å²) in [6.45, 7) is 2.35. The van der Waals surface area contributed by atoms with E-state index >= 15 is 0 Å². The second-order valence-corrected chi connectivity index (χ2v) is 6.89. The minimum absolute atomic E-state index is 0.143. The van der Waals surface area contributed by atoms with Crippen LogP contribution >= 0.6 is 0 Å². The zero-order valence-corrected chi connectivity index (χ0v) is 16.3. The first kappa shape index (κ1) is 19.1. The fraction of sp³-hybridized carbons (Fsp3) is 0.167. The topological polar surface area (TPSA) is 45.1 Å². The summed E-state index contributed by atoms with van der Waals surface area (Å²) in [7, 11) is 0. The van der Waals surface area contributed by atoms with Gasteiger partial charge in [0.25, 0.3) is 0 Å². The van der Waals surface area contributed by atoms with Crippen molar-refractivity contribution in [3.05, 3.63) is 108 Å². The van der Waals surface area contributed by atoms with Crippen LogP contribution in [-0.4, -0.2) is 28.3 Å². The van der Waals surface area contributed by atoms with E-state index in [1.165, 1.54) is 11.9 Å². The SMILES string of the molecule is CC(=O)N1N=C(c2ccccc2)CON(Cc2ccccc2)C1c1ccccc1. The van der Waals surface area contributed by atoms with Gasteiger partial charge in [-0.3, -0.25) is 9.63 Å². The lowest BCUT2D eigenvalue weighted by Gasteiger charge is -2.33. The van der Waals surface area contributed by atoms with Gasteiger partial charge in [0.1, 0.15) is 6.61 Å². The fourth-order valence-electron chi connectivity index (χ4n) is 3.39. The van der Waals surface area contributed by atoms with Gasteiger partial charge < -0.3 is 0 Å². The lowest BCUT2D eigenvalue weighted by Crippen LogP contribution is -2.39. The molecular formula is C24H23N3O2. The molecule has 1 aliphatic rings. The molecular weight excluding hydrogens is 362 g/mol. The molecule has 1 aliphatic heterocycles. The lowest BCUT2D eigenvalue weighted by atomic mass is 10.1. The number of amides is 1. The predicted octanol–water partition coefficient (Wildman–Crippen LogP) is 4.39. The van der Waals surface area contributed by atoms with Crippen LogP contribution in [0.5, 0.6) is 0 Å². The normalized spacial score (nSPS) is 17.5. The number of hydroxylamine groups is 2. The summed E-state index contributed by atoms with van der Waals surface area (Å²) in [6, 6.07) is 29.8. The Kier molecular flexibility index (Phi) is 5.79. The highest BCUT2D eigenvalue weighted by Gasteiger charge is 2.33. The highest BCUT2D eigenvalue weighted by atomic mass is 16.7. The second-order valence-electron chi connectivity index (χ2n) is 6.89. The molecule has 4 rings (SSSR count). The Labute approximate surface area is 170 Å². The van der Waals surface area contributed by atoms with Crippen molar-refractivity contribution in [3.63, 3.8) is 0 Å². The van der Waals surface area contributed by atoms with Crippen molar-refractivity contribution in [2.45, 2.75) is 19.6 Å². The summed E-state index contributed by atoms with van der Waals surface area (Å²) in [5.41, 5.74) is 3.70. The van der Waals surface area contributed by atoms with Crippen LogP contribution < -0.4 is 0 Å². The van der Waals surface area contributed by atoms with Gasteiger partial charge in [-0.05, 0) is 11.1 Å². The van der Waals surface area contributed by atoms with E-state index in [1.54, 1.807) is 0 Å². The Bertz CT molecular complexity index is 975. The molecule has 146 valence electrons. The molecule has 1 unspecified atom stereocenters. The standard InChI is InChI=1S/C24H23N3O2/c1-19(28)27-24(22-15-9-4-10-16-22)26(17-20-11-5-2-6-12-20)29-18-23(25-27)21-13-7-3-8-14-21/h2-16,24H,17-18H2,1H3. The smallest absolute Gasteiger partial charge is 0.241 e. The van der Waals surface area contributed by atoms with Gasteiger partial charge in [-0.2, -0.15) is 10.2 Å². The first-order valence-electron chi connectivity index (χ1n) is 9.63. The molecule has 0 radical (unpaired) electrons. The highest BCUT2D eigenvalue weighted by Crippen LogP contribution is 2.30. The minimum atomic E-state index is -0.463. The summed E-state index contributed by atoms with van der Waals surface area (Å²) < 4.78 is 0. The van der Waals surface area contributed by atoms with Gasteiger partial charge in [0.05, 0.1) is 12.3 Å². The average molecular weight is 385 g/mol. The molecule has 29 heavy (non-hydrogen) atoms. The van der Waals surface area contributed by atoms with Crippen molar-refractivity contribution in [2.75, 3.05) is 6.61 Å². The average Bonchev–Trinajstić information content (AvgIpc) is 2.96. The van der Waals surface area contributed by atoms with Gasteiger partial charge in [-0.1, -0.05) is 91.0 Å². The largest absolute Gasteiger partial charge is 0.290 e. The van der Waals surface area contributed by atoms with E-state index in [0.717, 1.165) is 22.4 Å². The Morgan fingerprint density at radius 2 is 1.52 bits per heavy atom. The van der Waals surface area contributed by atoms with Crippen molar-refractivity contribution in [2.24, 2.45) is 5.10 Å². The maximum Gasteiger partial charge on any atom is 0.241 e. The molecule has 0 spiro atoms. The number of rotatable bonds is 4. The van der Waals surface area contributed by atoms with Crippen molar-refractivity contribution >= 4 is 11.6 Å². The van der Waals surface area contributed by atoms with E-state index in [0.29, 0.717) is 6.54 Å². The first-order valence-corrected chi connectivity index (χ1v) is 9.63. The van der Waals surface area contributed by atoms with Crippen LogP contribution in [0.3, 0.4) is 0 Å². The Balaban J connectivity index is 1.76. The maximum absolute atomic E-state index is 12.6. The van der Waals surface area contributed by atoms with E-state index in [4.69, 9.17) is 9.94 Å². The van der Waals surface area contributed by atoms with E-state index in [2.05, 4.69) is 0 Å². The molecule has 0 aromatic heterocycles. The summed E-state index contributed by atoms with van der Waals surface area (Å²) in [6.07, 6.45) is -0.463. The number of benzene rings is 3. The van der Waals surface area contributed by atoms with Gasteiger partial charge >= 0.3 is 0 Å². The number of hydrogen-bond donors (Lipinski definition) is 0. The molecule has 3 aromatic carbocycles. The second kappa shape index (κ2) is 8.82. The highest BCUT2D eigenvalue weighted by molar-refractivity contribution is 6.02. The lowest BCUT2D eigenvalue weighted by molar-refractivity contribution is -0.213. The zero-order valence-electron chi connectivity index (χ0n) is 16.3. The number of carbonyl (C=O) groups excluding carboxylic acids is 1. The van der Waals surface area contributed by atoms with Gasteiger partial charge in [0.2, 0.25) is 5.91 Å². The summed E-state index contributed by atoms with van der Waals surface area (Å²) in [4.78, 5) is 18.9. The predicted molar refractivity (Wildman–Crippen MR) is 113 cm³/mol. The molecule has 0 saturated heterocycles. The quantitative estimate of drug-likeness (QED) is 0.669. The van der Waals surface area contributed by atoms with Crippen molar-refractivity contribution in [3.8, 4) is 0 Å². The summed E-state index contributed by atoms with van der Waals surface area (Å²) >= 11 is 0. The molecule has 0 aliphatic carbocycles. The van der Waals surface area contributed by atoms with E-state index in [9.17, 15) is 4.79 Å².